The first kappa shape index (κ1) is 55.8. The molecule has 0 fully saturated rings. The number of carboxylic acids is 5. The summed E-state index contributed by atoms with van der Waals surface area (Å²) in [6, 6.07) is 30.6. The molecule has 0 aliphatic heterocycles. The number of H-pyrrole nitrogens is 1. The van der Waals surface area contributed by atoms with Crippen LogP contribution in [0.1, 0.15) is 82.5 Å². The summed E-state index contributed by atoms with van der Waals surface area (Å²) in [4.78, 5) is 81.8. The second-order valence-corrected chi connectivity index (χ2v) is 17.5. The van der Waals surface area contributed by atoms with Crippen molar-refractivity contribution in [3.8, 4) is 17.4 Å². The number of carboxylic acid groups (broad SMARTS) is 5. The highest BCUT2D eigenvalue weighted by Gasteiger charge is 2.36. The van der Waals surface area contributed by atoms with Gasteiger partial charge in [0.1, 0.15) is 35.0 Å². The van der Waals surface area contributed by atoms with Crippen LogP contribution in [0, 0.1) is 0 Å². The Bertz CT molecular complexity index is 3010. The maximum absolute atomic E-state index is 12.0. The van der Waals surface area contributed by atoms with Gasteiger partial charge < -0.3 is 55.3 Å². The Morgan fingerprint density at radius 3 is 1.88 bits per heavy atom. The van der Waals surface area contributed by atoms with E-state index in [1.165, 1.54) is 61.8 Å². The first-order valence-corrected chi connectivity index (χ1v) is 22.3. The fourth-order valence-electron chi connectivity index (χ4n) is 5.59. The van der Waals surface area contributed by atoms with Crippen LogP contribution in [-0.4, -0.2) is 93.2 Å². The average Bonchev–Trinajstić information content (AvgIpc) is 3.94. The molecule has 7 rings (SSSR count). The number of nitrogens with one attached hydrogen (secondary N) is 1. The molecular formula is C50H48ClN5O15S. The number of nitrogen functional groups attached to an aromatic ring is 1. The van der Waals surface area contributed by atoms with E-state index in [1.807, 2.05) is 48.5 Å². The number of oxime groups is 1. The Labute approximate surface area is 419 Å². The number of anilines is 1. The maximum Gasteiger partial charge on any atom is 0.360 e. The zero-order valence-electron chi connectivity index (χ0n) is 39.1. The van der Waals surface area contributed by atoms with Crippen molar-refractivity contribution in [2.24, 2.45) is 5.16 Å². The lowest BCUT2D eigenvalue weighted by molar-refractivity contribution is -0.179. The number of hydrogen-bond donors (Lipinski definition) is 7. The van der Waals surface area contributed by atoms with Gasteiger partial charge in [-0.1, -0.05) is 59.2 Å². The largest absolute Gasteiger partial charge is 0.489 e. The number of aromatic amines is 1. The van der Waals surface area contributed by atoms with E-state index in [2.05, 4.69) is 20.1 Å². The Balaban J connectivity index is 0.000000213. The zero-order valence-corrected chi connectivity index (χ0v) is 40.6. The number of nitrogens with zero attached hydrogens (tertiary/aromatic N) is 3. The van der Waals surface area contributed by atoms with Gasteiger partial charge >= 0.3 is 35.8 Å². The van der Waals surface area contributed by atoms with Gasteiger partial charge in [0, 0.05) is 33.7 Å². The molecule has 8 N–H and O–H groups in total. The molecule has 0 radical (unpaired) electrons. The van der Waals surface area contributed by atoms with Crippen LogP contribution < -0.4 is 15.2 Å². The minimum absolute atomic E-state index is 0.00212. The van der Waals surface area contributed by atoms with Gasteiger partial charge in [-0.2, -0.15) is 0 Å². The van der Waals surface area contributed by atoms with Gasteiger partial charge in [0.2, 0.25) is 17.2 Å². The van der Waals surface area contributed by atoms with Gasteiger partial charge in [0.15, 0.2) is 5.13 Å². The number of nitrogens with two attached hydrogens (primary N) is 1. The molecule has 0 amide bonds. The summed E-state index contributed by atoms with van der Waals surface area (Å²) in [6.45, 7) is 8.49. The lowest BCUT2D eigenvalue weighted by Gasteiger charge is -2.26. The standard InChI is InChI=1S/C17H15NO3.C13H19N3O5S.C12H8ClNO3.C8H6O4/c19-17(20)8-13-10-18-16-7-6-14(9-15(13)16)21-11-12-4-2-1-3-5-12;1-12(2,3)20-10(19)13(4,5)21-16-8(9(17)18)7-6-22-11(14)15-7;13-8-3-5-9(6-4-8)17-11-10(12(15)16)2-1-7-14-11;9-7(10)5-3-1-2-4-6(5)8(11)12/h1-7,9-10,18H,8,11H2,(H,19,20);6H,1-5H3,(H2,14,15)(H,17,18);1-7H,(H,15,16);1-4H,(H,9,10)(H,11,12)/b;16-8-;;. The number of benzene rings is 4. The van der Waals surface area contributed by atoms with Gasteiger partial charge in [-0.05, 0) is 112 Å². The van der Waals surface area contributed by atoms with Crippen molar-refractivity contribution in [2.45, 2.75) is 58.8 Å². The molecule has 0 unspecified atom stereocenters. The molecule has 0 aliphatic carbocycles. The van der Waals surface area contributed by atoms with Gasteiger partial charge in [-0.15, -0.1) is 11.3 Å². The van der Waals surface area contributed by atoms with Crippen LogP contribution in [0.2, 0.25) is 5.02 Å². The van der Waals surface area contributed by atoms with Crippen molar-refractivity contribution in [2.75, 3.05) is 5.73 Å². The summed E-state index contributed by atoms with van der Waals surface area (Å²) in [6.07, 6.45) is 3.21. The highest BCUT2D eigenvalue weighted by Crippen LogP contribution is 2.26. The van der Waals surface area contributed by atoms with Crippen LogP contribution in [-0.2, 0) is 37.0 Å². The van der Waals surface area contributed by atoms with E-state index in [4.69, 9.17) is 61.9 Å². The summed E-state index contributed by atoms with van der Waals surface area (Å²) >= 11 is 6.80. The molecule has 72 heavy (non-hydrogen) atoms. The van der Waals surface area contributed by atoms with Crippen LogP contribution in [0.4, 0.5) is 5.13 Å². The number of ether oxygens (including phenoxy) is 3. The smallest absolute Gasteiger partial charge is 0.360 e. The van der Waals surface area contributed by atoms with Crippen LogP contribution in [0.5, 0.6) is 17.4 Å². The Kier molecular flexibility index (Phi) is 19.9. The van der Waals surface area contributed by atoms with E-state index >= 15 is 0 Å². The van der Waals surface area contributed by atoms with E-state index in [9.17, 15) is 28.8 Å². The highest BCUT2D eigenvalue weighted by atomic mass is 35.5. The third kappa shape index (κ3) is 17.6. The maximum atomic E-state index is 12.0. The SMILES string of the molecule is CC(C)(C)OC(=O)C(C)(C)O/N=C(\C(=O)O)c1csc(N)n1.O=C(O)Cc1c[nH]c2ccc(OCc3ccccc3)cc12.O=C(O)c1ccccc1C(=O)O.O=C(O)c1cccnc1Oc1ccc(Cl)cc1. The predicted octanol–water partition coefficient (Wildman–Crippen LogP) is 9.33. The molecule has 0 atom stereocenters. The molecule has 4 aromatic carbocycles. The van der Waals surface area contributed by atoms with Crippen molar-refractivity contribution >= 4 is 80.5 Å². The number of carbonyl (C=O) groups excluding carboxylic acids is 1. The second-order valence-electron chi connectivity index (χ2n) is 16.2. The quantitative estimate of drug-likeness (QED) is 0.0286. The molecule has 0 aliphatic rings. The fraction of sp³-hybridized carbons (Fsp3) is 0.180. The lowest BCUT2D eigenvalue weighted by Crippen LogP contribution is -2.40. The molecule has 0 bridgehead atoms. The molecule has 376 valence electrons. The number of halogens is 1. The number of rotatable bonds is 15. The van der Waals surface area contributed by atoms with E-state index in [0.29, 0.717) is 17.4 Å². The molecule has 7 aromatic rings. The van der Waals surface area contributed by atoms with Crippen molar-refractivity contribution < 1.29 is 73.3 Å². The minimum atomic E-state index is -1.45. The number of aromatic carboxylic acids is 3. The summed E-state index contributed by atoms with van der Waals surface area (Å²) in [5.74, 6) is -5.11. The number of carbonyl (C=O) groups is 6. The summed E-state index contributed by atoms with van der Waals surface area (Å²) in [5.41, 5.74) is 5.36. The molecule has 0 saturated heterocycles. The van der Waals surface area contributed by atoms with Crippen molar-refractivity contribution in [3.05, 3.63) is 166 Å². The zero-order chi connectivity index (χ0) is 53.2. The number of aliphatic carboxylic acids is 2. The third-order valence-electron chi connectivity index (χ3n) is 8.97. The van der Waals surface area contributed by atoms with Gasteiger partial charge in [-0.25, -0.2) is 33.9 Å². The first-order valence-electron chi connectivity index (χ1n) is 21.0. The lowest BCUT2D eigenvalue weighted by atomic mass is 10.1. The normalized spacial score (nSPS) is 10.9. The van der Waals surface area contributed by atoms with Gasteiger partial charge in [0.25, 0.3) is 0 Å². The predicted molar refractivity (Wildman–Crippen MR) is 265 cm³/mol. The molecule has 0 saturated carbocycles. The first-order chi connectivity index (χ1) is 33.9. The topological polar surface area (TPSA) is 320 Å². The number of thiazole rings is 1. The number of pyridine rings is 1. The highest BCUT2D eigenvalue weighted by molar-refractivity contribution is 7.13. The van der Waals surface area contributed by atoms with E-state index < -0.39 is 52.7 Å². The van der Waals surface area contributed by atoms with Crippen LogP contribution in [0.15, 0.2) is 132 Å². The van der Waals surface area contributed by atoms with Gasteiger partial charge in [-0.3, -0.25) is 4.79 Å². The van der Waals surface area contributed by atoms with Crippen molar-refractivity contribution in [3.63, 3.8) is 0 Å². The van der Waals surface area contributed by atoms with E-state index in [0.717, 1.165) is 39.1 Å². The van der Waals surface area contributed by atoms with Crippen LogP contribution in [0.25, 0.3) is 10.9 Å². The average molecular weight is 1030 g/mol. The number of aromatic nitrogens is 3. The molecule has 3 heterocycles. The molecule has 3 aromatic heterocycles. The molecule has 22 heteroatoms. The number of esters is 1. The fourth-order valence-corrected chi connectivity index (χ4v) is 6.27. The van der Waals surface area contributed by atoms with Crippen molar-refractivity contribution in [1.82, 2.24) is 15.0 Å². The minimum Gasteiger partial charge on any atom is -0.489 e. The van der Waals surface area contributed by atoms with E-state index in [-0.39, 0.29) is 39.8 Å². The molecule has 20 nitrogen and oxygen atoms in total. The molecular weight excluding hydrogens is 978 g/mol. The summed E-state index contributed by atoms with van der Waals surface area (Å²) in [5, 5.41) is 50.8. The van der Waals surface area contributed by atoms with E-state index in [1.54, 1.807) is 51.2 Å². The Morgan fingerprint density at radius 1 is 0.750 bits per heavy atom. The number of hydrogen-bond acceptors (Lipinski definition) is 15. The van der Waals surface area contributed by atoms with Gasteiger partial charge in [0.05, 0.1) is 17.5 Å². The second kappa shape index (κ2) is 25.7. The Morgan fingerprint density at radius 2 is 1.33 bits per heavy atom. The Hall–Kier alpha value is -8.82. The third-order valence-corrected chi connectivity index (χ3v) is 9.90. The number of fused-ring (bicyclic) bond motifs is 1. The molecule has 0 spiro atoms. The summed E-state index contributed by atoms with van der Waals surface area (Å²) in [7, 11) is 0. The monoisotopic (exact) mass is 1030 g/mol. The summed E-state index contributed by atoms with van der Waals surface area (Å²) < 4.78 is 16.3. The van der Waals surface area contributed by atoms with Crippen LogP contribution in [0.3, 0.4) is 0 Å². The van der Waals surface area contributed by atoms with Crippen molar-refractivity contribution in [1.29, 1.82) is 0 Å². The van der Waals surface area contributed by atoms with Crippen LogP contribution >= 0.6 is 22.9 Å².